The van der Waals surface area contributed by atoms with E-state index in [2.05, 4.69) is 10.4 Å². The molecule has 1 heterocycles. The molecule has 0 aliphatic rings. The summed E-state index contributed by atoms with van der Waals surface area (Å²) in [4.78, 5) is 12.7. The fourth-order valence-corrected chi connectivity index (χ4v) is 3.25. The third-order valence-electron chi connectivity index (χ3n) is 4.29. The van der Waals surface area contributed by atoms with Gasteiger partial charge in [-0.25, -0.2) is 9.07 Å². The van der Waals surface area contributed by atoms with Gasteiger partial charge in [0.05, 0.1) is 42.6 Å². The monoisotopic (exact) mass is 437 g/mol. The average Bonchev–Trinajstić information content (AvgIpc) is 3.03. The number of nitrogens with one attached hydrogen (secondary N) is 1. The molecule has 29 heavy (non-hydrogen) atoms. The van der Waals surface area contributed by atoms with Gasteiger partial charge in [0.1, 0.15) is 11.6 Å². The molecule has 0 radical (unpaired) electrons. The number of ether oxygens (including phenoxy) is 2. The molecule has 0 aliphatic heterocycles. The van der Waals surface area contributed by atoms with Gasteiger partial charge in [-0.05, 0) is 36.8 Å². The van der Waals surface area contributed by atoms with Gasteiger partial charge in [-0.1, -0.05) is 29.3 Å². The Morgan fingerprint density at radius 2 is 1.86 bits per heavy atom. The number of benzene rings is 2. The molecule has 9 heteroatoms. The average molecular weight is 438 g/mol. The van der Waals surface area contributed by atoms with Gasteiger partial charge in [-0.15, -0.1) is 0 Å². The molecule has 1 N–H and O–H groups in total. The van der Waals surface area contributed by atoms with E-state index in [-0.39, 0.29) is 15.6 Å². The van der Waals surface area contributed by atoms with E-state index in [1.807, 2.05) is 12.1 Å². The van der Waals surface area contributed by atoms with Gasteiger partial charge < -0.3 is 14.8 Å². The summed E-state index contributed by atoms with van der Waals surface area (Å²) >= 11 is 11.7. The molecule has 3 aromatic rings. The number of hydrogen-bond acceptors (Lipinski definition) is 4. The minimum Gasteiger partial charge on any atom is -0.493 e. The van der Waals surface area contributed by atoms with E-state index in [9.17, 15) is 9.18 Å². The van der Waals surface area contributed by atoms with Crippen LogP contribution < -0.4 is 14.8 Å². The quantitative estimate of drug-likeness (QED) is 0.553. The second-order valence-electron chi connectivity index (χ2n) is 6.22. The summed E-state index contributed by atoms with van der Waals surface area (Å²) in [6.07, 6.45) is 1.63. The summed E-state index contributed by atoms with van der Waals surface area (Å²) in [6.45, 7) is 2.17. The lowest BCUT2D eigenvalue weighted by molar-refractivity contribution is 0.102. The third-order valence-corrected chi connectivity index (χ3v) is 4.89. The smallest absolute Gasteiger partial charge is 0.258 e. The van der Waals surface area contributed by atoms with Crippen LogP contribution in [0.1, 0.15) is 21.5 Å². The normalized spacial score (nSPS) is 10.7. The molecule has 0 fully saturated rings. The second-order valence-corrected chi connectivity index (χ2v) is 7.04. The van der Waals surface area contributed by atoms with Crippen molar-refractivity contribution < 1.29 is 18.7 Å². The zero-order valence-electron chi connectivity index (χ0n) is 15.9. The highest BCUT2D eigenvalue weighted by Gasteiger charge is 2.18. The molecule has 0 saturated heterocycles. The van der Waals surface area contributed by atoms with Crippen LogP contribution in [0.15, 0.2) is 36.5 Å². The van der Waals surface area contributed by atoms with Crippen LogP contribution in [-0.4, -0.2) is 29.9 Å². The topological polar surface area (TPSA) is 65.4 Å². The molecule has 0 saturated carbocycles. The number of rotatable bonds is 6. The van der Waals surface area contributed by atoms with Crippen molar-refractivity contribution in [1.29, 1.82) is 0 Å². The van der Waals surface area contributed by atoms with Gasteiger partial charge >= 0.3 is 0 Å². The van der Waals surface area contributed by atoms with Crippen molar-refractivity contribution in [1.82, 2.24) is 9.78 Å². The van der Waals surface area contributed by atoms with Crippen molar-refractivity contribution in [3.8, 4) is 11.5 Å². The summed E-state index contributed by atoms with van der Waals surface area (Å²) in [5.74, 6) is 0.374. The number of halogens is 3. The molecule has 1 aromatic heterocycles. The van der Waals surface area contributed by atoms with Gasteiger partial charge in [0.25, 0.3) is 5.91 Å². The molecule has 1 amide bonds. The SMILES string of the molecule is COc1ccc(Cn2ncc(C)c2NC(=O)c2cc(F)c(Cl)cc2Cl)cc1OC. The fraction of sp³-hybridized carbons (Fsp3) is 0.200. The minimum atomic E-state index is -0.725. The lowest BCUT2D eigenvalue weighted by Crippen LogP contribution is -2.17. The predicted octanol–water partition coefficient (Wildman–Crippen LogP) is 4.96. The highest BCUT2D eigenvalue weighted by atomic mass is 35.5. The Morgan fingerprint density at radius 3 is 2.55 bits per heavy atom. The first-order chi connectivity index (χ1) is 13.8. The van der Waals surface area contributed by atoms with Crippen molar-refractivity contribution in [3.05, 3.63) is 69.1 Å². The lowest BCUT2D eigenvalue weighted by atomic mass is 10.2. The molecule has 0 spiro atoms. The summed E-state index contributed by atoms with van der Waals surface area (Å²) in [5.41, 5.74) is 1.60. The molecule has 0 unspecified atom stereocenters. The van der Waals surface area contributed by atoms with Crippen molar-refractivity contribution in [2.24, 2.45) is 0 Å². The van der Waals surface area contributed by atoms with E-state index in [4.69, 9.17) is 32.7 Å². The van der Waals surface area contributed by atoms with Crippen LogP contribution in [-0.2, 0) is 6.54 Å². The summed E-state index contributed by atoms with van der Waals surface area (Å²) in [6, 6.07) is 7.69. The molecular formula is C20H18Cl2FN3O3. The van der Waals surface area contributed by atoms with Crippen molar-refractivity contribution in [2.75, 3.05) is 19.5 Å². The van der Waals surface area contributed by atoms with Gasteiger partial charge in [0.15, 0.2) is 11.5 Å². The molecular weight excluding hydrogens is 420 g/mol. The predicted molar refractivity (Wildman–Crippen MR) is 110 cm³/mol. The van der Waals surface area contributed by atoms with Gasteiger partial charge in [-0.2, -0.15) is 5.10 Å². The number of anilines is 1. The number of aryl methyl sites for hydroxylation is 1. The number of carbonyl (C=O) groups excluding carboxylic acids is 1. The largest absolute Gasteiger partial charge is 0.493 e. The Labute approximate surface area is 177 Å². The Hall–Kier alpha value is -2.77. The first-order valence-corrected chi connectivity index (χ1v) is 9.28. The molecule has 0 bridgehead atoms. The molecule has 0 atom stereocenters. The molecule has 0 aliphatic carbocycles. The molecule has 152 valence electrons. The zero-order valence-corrected chi connectivity index (χ0v) is 17.4. The Morgan fingerprint density at radius 1 is 1.14 bits per heavy atom. The van der Waals surface area contributed by atoms with Crippen molar-refractivity contribution >= 4 is 34.9 Å². The van der Waals surface area contributed by atoms with Crippen LogP contribution >= 0.6 is 23.2 Å². The number of carbonyl (C=O) groups is 1. The highest BCUT2D eigenvalue weighted by molar-refractivity contribution is 6.37. The Bertz CT molecular complexity index is 1070. The Balaban J connectivity index is 1.87. The number of nitrogens with zero attached hydrogens (tertiary/aromatic N) is 2. The lowest BCUT2D eigenvalue weighted by Gasteiger charge is -2.13. The number of hydrogen-bond donors (Lipinski definition) is 1. The first kappa shape index (κ1) is 21.0. The van der Waals surface area contributed by atoms with Crippen LogP contribution in [0.4, 0.5) is 10.2 Å². The van der Waals surface area contributed by atoms with E-state index < -0.39 is 11.7 Å². The van der Waals surface area contributed by atoms with Crippen molar-refractivity contribution in [2.45, 2.75) is 13.5 Å². The van der Waals surface area contributed by atoms with Gasteiger partial charge in [-0.3, -0.25) is 4.79 Å². The van der Waals surface area contributed by atoms with Gasteiger partial charge in [0, 0.05) is 5.56 Å². The number of aromatic nitrogens is 2. The van der Waals surface area contributed by atoms with Crippen LogP contribution in [0.25, 0.3) is 0 Å². The van der Waals surface area contributed by atoms with E-state index in [0.717, 1.165) is 17.2 Å². The zero-order chi connectivity index (χ0) is 21.1. The van der Waals surface area contributed by atoms with E-state index in [1.165, 1.54) is 6.07 Å². The minimum absolute atomic E-state index is 0.0215. The molecule has 2 aromatic carbocycles. The maximum absolute atomic E-state index is 13.8. The fourth-order valence-electron chi connectivity index (χ4n) is 2.79. The second kappa shape index (κ2) is 8.71. The Kier molecular flexibility index (Phi) is 6.30. The van der Waals surface area contributed by atoms with Crippen LogP contribution in [0.3, 0.4) is 0 Å². The summed E-state index contributed by atoms with van der Waals surface area (Å²) in [5, 5.41) is 6.96. The maximum Gasteiger partial charge on any atom is 0.258 e. The van der Waals surface area contributed by atoms with Crippen molar-refractivity contribution in [3.63, 3.8) is 0 Å². The summed E-state index contributed by atoms with van der Waals surface area (Å²) < 4.78 is 26.0. The van der Waals surface area contributed by atoms with E-state index in [1.54, 1.807) is 38.1 Å². The van der Waals surface area contributed by atoms with Gasteiger partial charge in [0.2, 0.25) is 0 Å². The van der Waals surface area contributed by atoms with Crippen LogP contribution in [0.2, 0.25) is 10.0 Å². The van der Waals surface area contributed by atoms with Crippen LogP contribution in [0.5, 0.6) is 11.5 Å². The van der Waals surface area contributed by atoms with E-state index >= 15 is 0 Å². The molecule has 3 rings (SSSR count). The first-order valence-electron chi connectivity index (χ1n) is 8.53. The maximum atomic E-state index is 13.8. The van der Waals surface area contributed by atoms with Crippen LogP contribution in [0, 0.1) is 12.7 Å². The van der Waals surface area contributed by atoms with E-state index in [0.29, 0.717) is 23.9 Å². The standard InChI is InChI=1S/C20H18Cl2FN3O3/c1-11-9-24-26(10-12-4-5-17(28-2)18(6-12)29-3)19(11)25-20(27)13-7-16(23)15(22)8-14(13)21/h4-9H,10H2,1-3H3,(H,25,27). The number of methoxy groups -OCH3 is 2. The number of amides is 1. The third kappa shape index (κ3) is 4.46. The highest BCUT2D eigenvalue weighted by Crippen LogP contribution is 2.29. The summed E-state index contributed by atoms with van der Waals surface area (Å²) in [7, 11) is 3.12. The molecule has 6 nitrogen and oxygen atoms in total.